The van der Waals surface area contributed by atoms with Gasteiger partial charge in [-0.05, 0) is 60.0 Å². The molecular weight excluding hydrogens is 564 g/mol. The number of fused-ring (bicyclic) bond motifs is 1. The van der Waals surface area contributed by atoms with E-state index < -0.39 is 92.6 Å². The number of carbonyl (C=O) groups excluding carboxylic acids is 6. The van der Waals surface area contributed by atoms with Crippen molar-refractivity contribution in [3.8, 4) is 0 Å². The molecule has 4 aliphatic heterocycles. The SMILES string of the molecule is C=C1[C@]2(CCC(=O)OC2(C)C)C[C@@H](OC(=O)/C(C)=C\C)[C@]2(C)[C@]34C(=O)O[C@H](C)[C@]35O[C@]12[C@H](OC(C)=O)[C@@](C)(OC5=O)C4=O. The summed E-state index contributed by atoms with van der Waals surface area (Å²) in [6.45, 7) is 16.4. The van der Waals surface area contributed by atoms with E-state index in [-0.39, 0.29) is 30.4 Å². The van der Waals surface area contributed by atoms with Gasteiger partial charge in [0.15, 0.2) is 11.5 Å². The first kappa shape index (κ1) is 29.5. The van der Waals surface area contributed by atoms with Gasteiger partial charge < -0.3 is 28.4 Å². The number of hydrogen-bond acceptors (Lipinski definition) is 12. The predicted molar refractivity (Wildman–Crippen MR) is 143 cm³/mol. The van der Waals surface area contributed by atoms with Crippen LogP contribution in [0.15, 0.2) is 23.8 Å². The van der Waals surface area contributed by atoms with Gasteiger partial charge in [-0.3, -0.25) is 19.2 Å². The first-order chi connectivity index (χ1) is 19.8. The Kier molecular flexibility index (Phi) is 5.59. The summed E-state index contributed by atoms with van der Waals surface area (Å²) in [6, 6.07) is 0. The van der Waals surface area contributed by atoms with Crippen molar-refractivity contribution in [1.29, 1.82) is 0 Å². The molecule has 0 unspecified atom stereocenters. The zero-order chi connectivity index (χ0) is 31.9. The van der Waals surface area contributed by atoms with Gasteiger partial charge in [-0.2, -0.15) is 0 Å². The summed E-state index contributed by atoms with van der Waals surface area (Å²) in [7, 11) is 0. The summed E-state index contributed by atoms with van der Waals surface area (Å²) in [4.78, 5) is 82.1. The normalized spacial score (nSPS) is 47.4. The fourth-order valence-electron chi connectivity index (χ4n) is 9.40. The van der Waals surface area contributed by atoms with Gasteiger partial charge >= 0.3 is 29.8 Å². The van der Waals surface area contributed by atoms with Crippen LogP contribution in [0.5, 0.6) is 0 Å². The maximum Gasteiger partial charge on any atom is 0.345 e. The lowest BCUT2D eigenvalue weighted by molar-refractivity contribution is -0.274. The molecule has 0 aromatic heterocycles. The van der Waals surface area contributed by atoms with Gasteiger partial charge in [0.25, 0.3) is 0 Å². The molecule has 12 nitrogen and oxygen atoms in total. The molecule has 3 bridgehead atoms. The molecule has 2 aliphatic carbocycles. The van der Waals surface area contributed by atoms with E-state index in [4.69, 9.17) is 28.4 Å². The molecule has 2 saturated carbocycles. The Morgan fingerprint density at radius 2 is 1.63 bits per heavy atom. The third-order valence-electron chi connectivity index (χ3n) is 11.6. The number of carbonyl (C=O) groups is 6. The molecular formula is C31H36O12. The number of Topliss-reactive ketones (excluding diaryl/α,β-unsaturated/α-hetero) is 1. The summed E-state index contributed by atoms with van der Waals surface area (Å²) < 4.78 is 36.4. The van der Waals surface area contributed by atoms with Crippen LogP contribution in [0.3, 0.4) is 0 Å². The molecule has 232 valence electrons. The highest BCUT2D eigenvalue weighted by atomic mass is 16.7. The lowest BCUT2D eigenvalue weighted by Crippen LogP contribution is -2.85. The molecule has 0 amide bonds. The Labute approximate surface area is 248 Å². The average Bonchev–Trinajstić information content (AvgIpc) is 3.23. The minimum Gasteiger partial charge on any atom is -0.459 e. The summed E-state index contributed by atoms with van der Waals surface area (Å²) >= 11 is 0. The monoisotopic (exact) mass is 600 g/mol. The molecule has 0 aromatic carbocycles. The number of rotatable bonds is 3. The first-order valence-corrected chi connectivity index (χ1v) is 14.4. The molecule has 4 saturated heterocycles. The molecule has 6 aliphatic rings. The van der Waals surface area contributed by atoms with E-state index in [1.807, 2.05) is 0 Å². The van der Waals surface area contributed by atoms with E-state index in [1.165, 1.54) is 20.8 Å². The van der Waals surface area contributed by atoms with Crippen LogP contribution in [0.1, 0.15) is 74.7 Å². The van der Waals surface area contributed by atoms with Crippen molar-refractivity contribution in [2.45, 2.75) is 115 Å². The van der Waals surface area contributed by atoms with E-state index in [9.17, 15) is 28.8 Å². The van der Waals surface area contributed by atoms with Crippen molar-refractivity contribution in [3.05, 3.63) is 23.8 Å². The molecule has 0 aromatic rings. The molecule has 0 radical (unpaired) electrons. The van der Waals surface area contributed by atoms with Gasteiger partial charge in [0.1, 0.15) is 23.4 Å². The summed E-state index contributed by atoms with van der Waals surface area (Å²) in [6.07, 6.45) is -2.66. The van der Waals surface area contributed by atoms with E-state index in [2.05, 4.69) is 6.58 Å². The molecule has 4 heterocycles. The molecule has 0 N–H and O–H groups in total. The van der Waals surface area contributed by atoms with Crippen LogP contribution < -0.4 is 0 Å². The number of ketones is 1. The van der Waals surface area contributed by atoms with E-state index in [0.717, 1.165) is 6.92 Å². The zero-order valence-corrected chi connectivity index (χ0v) is 25.5. The Bertz CT molecular complexity index is 1490. The van der Waals surface area contributed by atoms with Gasteiger partial charge in [0.05, 0.1) is 5.41 Å². The van der Waals surface area contributed by atoms with Crippen LogP contribution in [0, 0.1) is 16.2 Å². The molecule has 2 spiro atoms. The maximum absolute atomic E-state index is 14.9. The van der Waals surface area contributed by atoms with Gasteiger partial charge in [0.2, 0.25) is 17.0 Å². The Balaban J connectivity index is 1.76. The minimum atomic E-state index is -2.37. The van der Waals surface area contributed by atoms with Crippen LogP contribution in [-0.2, 0) is 57.2 Å². The van der Waals surface area contributed by atoms with E-state index in [0.29, 0.717) is 0 Å². The highest BCUT2D eigenvalue weighted by molar-refractivity contribution is 6.21. The second-order valence-electron chi connectivity index (χ2n) is 13.5. The lowest BCUT2D eigenvalue weighted by atomic mass is 9.35. The van der Waals surface area contributed by atoms with Crippen LogP contribution in [0.4, 0.5) is 0 Å². The lowest BCUT2D eigenvalue weighted by Gasteiger charge is -2.68. The number of esters is 5. The topological polar surface area (TPSA) is 158 Å². The number of hydrogen-bond donors (Lipinski definition) is 0. The first-order valence-electron chi connectivity index (χ1n) is 14.4. The molecule has 6 rings (SSSR count). The van der Waals surface area contributed by atoms with Gasteiger partial charge in [-0.15, -0.1) is 0 Å². The fraction of sp³-hybridized carbons (Fsp3) is 0.677. The van der Waals surface area contributed by atoms with Crippen molar-refractivity contribution in [3.63, 3.8) is 0 Å². The van der Waals surface area contributed by atoms with E-state index >= 15 is 0 Å². The van der Waals surface area contributed by atoms with Crippen LogP contribution in [0.25, 0.3) is 0 Å². The summed E-state index contributed by atoms with van der Waals surface area (Å²) in [5.41, 5.74) is -12.8. The third-order valence-corrected chi connectivity index (χ3v) is 11.6. The smallest absolute Gasteiger partial charge is 0.345 e. The second-order valence-corrected chi connectivity index (χ2v) is 13.5. The highest BCUT2D eigenvalue weighted by Gasteiger charge is 3.03. The number of ether oxygens (including phenoxy) is 6. The predicted octanol–water partition coefficient (Wildman–Crippen LogP) is 2.20. The van der Waals surface area contributed by atoms with E-state index in [1.54, 1.807) is 33.8 Å². The van der Waals surface area contributed by atoms with Crippen LogP contribution in [0.2, 0.25) is 0 Å². The third kappa shape index (κ3) is 2.71. The minimum absolute atomic E-state index is 0.0254. The molecule has 12 heteroatoms. The van der Waals surface area contributed by atoms with Gasteiger partial charge in [-0.1, -0.05) is 19.6 Å². The Morgan fingerprint density at radius 1 is 0.977 bits per heavy atom. The standard InChI is InChI=1S/C31H36O12/c1-10-14(2)20(34)40-18-13-28(12-11-19(33)41-25(28,6)7)15(3)30-22(39-17(5)32)26(8)21(35)29(27(18,30)9)23(36)38-16(4)31(29,43-30)24(37)42-26/h10,16,18,22H,3,11-13H2,1-2,4-9H3/b14-10-/t16-,18-,22-,26+,27-,28+,29+,30+,31-/m1/s1. The maximum atomic E-state index is 14.9. The van der Waals surface area contributed by atoms with Crippen LogP contribution >= 0.6 is 0 Å². The van der Waals surface area contributed by atoms with Gasteiger partial charge in [0, 0.05) is 24.3 Å². The van der Waals surface area contributed by atoms with Crippen molar-refractivity contribution >= 4 is 35.6 Å². The van der Waals surface area contributed by atoms with Gasteiger partial charge in [-0.25, -0.2) is 9.59 Å². The second kappa shape index (κ2) is 8.13. The largest absolute Gasteiger partial charge is 0.459 e. The summed E-state index contributed by atoms with van der Waals surface area (Å²) in [5, 5.41) is 0. The average molecular weight is 601 g/mol. The molecule has 9 atom stereocenters. The summed E-state index contributed by atoms with van der Waals surface area (Å²) in [5.74, 6) is -4.95. The van der Waals surface area contributed by atoms with Crippen molar-refractivity contribution < 1.29 is 57.2 Å². The highest BCUT2D eigenvalue weighted by Crippen LogP contribution is 2.82. The quantitative estimate of drug-likeness (QED) is 0.153. The number of allylic oxidation sites excluding steroid dienone is 1. The Morgan fingerprint density at radius 3 is 2.21 bits per heavy atom. The van der Waals surface area contributed by atoms with Crippen LogP contribution in [-0.4, -0.2) is 76.3 Å². The number of cyclic esters (lactones) is 2. The zero-order valence-electron chi connectivity index (χ0n) is 25.5. The van der Waals surface area contributed by atoms with Crippen molar-refractivity contribution in [1.82, 2.24) is 0 Å². The fourth-order valence-corrected chi connectivity index (χ4v) is 9.40. The van der Waals surface area contributed by atoms with Crippen molar-refractivity contribution in [2.75, 3.05) is 0 Å². The Hall–Kier alpha value is -3.54. The van der Waals surface area contributed by atoms with Crippen molar-refractivity contribution in [2.24, 2.45) is 16.2 Å². The molecule has 43 heavy (non-hydrogen) atoms. The molecule has 6 fully saturated rings.